The zero-order valence-electron chi connectivity index (χ0n) is 65.9. The van der Waals surface area contributed by atoms with Crippen LogP contribution in [0.5, 0.6) is 5.75 Å². The second-order valence-corrected chi connectivity index (χ2v) is 29.2. The maximum absolute atomic E-state index is 15.4. The standard InChI is InChI=1S/C82H106ClN19O15/c1-5-6-17-60(74(110)96-62(19-12-39-91-82(87)88)80(116)102-40-13-20-67(102)81(117)100(3)47-69(84)106)94-73(109)61(18-9-10-38-90-70(107)35-36-71(108)93-58-31-27-55(28-32-58)72(85)86)95-78(114)68(45-51-24-33-59(105)34-25-51)101(4)79(115)66(48-103)99-77(113)65(44-53-14-11-37-89-46-53)98-76(112)64(42-50-22-29-57(83)30-23-50)97-75(111)63(92-49(2)104)43-52-21-26-54-15-7-8-16-56(54)41-52/h7-8,11,14-16,21-34,37,41,46,60-68,103,105H,5-6,9-10,12-13,17-20,35-36,38-40,42-45,47-48H2,1-4H3,(H2,84,106)(H3,85,86)(H,90,107)(H,92,104)(H,93,108)(H,94,109)(H,95,114)(H,96,110)(H,97,111)(H,98,112)(H,99,113)(H4,87,88,91). The van der Waals surface area contributed by atoms with E-state index in [-0.39, 0.29) is 121 Å². The number of primary amides is 1. The Kier molecular flexibility index (Phi) is 36.1. The molecule has 117 heavy (non-hydrogen) atoms. The highest BCUT2D eigenvalue weighted by molar-refractivity contribution is 6.30. The van der Waals surface area contributed by atoms with Crippen molar-refractivity contribution in [2.24, 2.45) is 17.2 Å². The van der Waals surface area contributed by atoms with Crippen molar-refractivity contribution in [3.05, 3.63) is 173 Å². The van der Waals surface area contributed by atoms with E-state index in [0.717, 1.165) is 20.6 Å². The lowest BCUT2D eigenvalue weighted by atomic mass is 9.99. The van der Waals surface area contributed by atoms with Crippen molar-refractivity contribution >= 4 is 117 Å². The van der Waals surface area contributed by atoms with Gasteiger partial charge in [-0.05, 0) is 139 Å². The van der Waals surface area contributed by atoms with Gasteiger partial charge in [-0.1, -0.05) is 104 Å². The van der Waals surface area contributed by atoms with Gasteiger partial charge in [-0.3, -0.25) is 78.1 Å². The highest BCUT2D eigenvalue weighted by atomic mass is 35.5. The largest absolute Gasteiger partial charge is 0.508 e. The number of guanidine groups is 1. The van der Waals surface area contributed by atoms with Gasteiger partial charge in [0.2, 0.25) is 76.8 Å². The molecule has 1 fully saturated rings. The number of amidine groups is 1. The molecule has 1 aliphatic rings. The number of aromatic hydroxyl groups is 1. The van der Waals surface area contributed by atoms with Crippen LogP contribution in [0.4, 0.5) is 5.69 Å². The first-order chi connectivity index (χ1) is 55.9. The van der Waals surface area contributed by atoms with Crippen LogP contribution in [0.15, 0.2) is 140 Å². The smallest absolute Gasteiger partial charge is 0.247 e. The summed E-state index contributed by atoms with van der Waals surface area (Å²) in [6, 6.07) is 21.7. The van der Waals surface area contributed by atoms with Gasteiger partial charge in [-0.2, -0.15) is 0 Å². The highest BCUT2D eigenvalue weighted by Gasteiger charge is 2.41. The minimum atomic E-state index is -1.86. The molecule has 9 unspecified atom stereocenters. The molecule has 35 heteroatoms. The molecule has 0 spiro atoms. The Labute approximate surface area is 683 Å². The first-order valence-corrected chi connectivity index (χ1v) is 39.1. The molecular weight excluding hydrogens is 1530 g/mol. The number of hydrogen-bond acceptors (Lipinski definition) is 18. The van der Waals surface area contributed by atoms with E-state index in [2.05, 4.69) is 58.2 Å². The van der Waals surface area contributed by atoms with Crippen molar-refractivity contribution in [1.29, 1.82) is 10.8 Å². The lowest BCUT2D eigenvalue weighted by Crippen LogP contribution is -2.61. The third kappa shape index (κ3) is 29.6. The van der Waals surface area contributed by atoms with Crippen molar-refractivity contribution in [3.63, 3.8) is 0 Å². The Balaban J connectivity index is 1.15. The third-order valence-corrected chi connectivity index (χ3v) is 19.9. The fraction of sp³-hybridized carbons (Fsp3) is 0.415. The summed E-state index contributed by atoms with van der Waals surface area (Å²) < 4.78 is 0. The second-order valence-electron chi connectivity index (χ2n) is 28.8. The van der Waals surface area contributed by atoms with Crippen LogP contribution in [0.3, 0.4) is 0 Å². The van der Waals surface area contributed by atoms with Crippen LogP contribution < -0.4 is 70.4 Å². The first kappa shape index (κ1) is 91.6. The number of aliphatic hydroxyl groups excluding tert-OH is 1. The summed E-state index contributed by atoms with van der Waals surface area (Å²) in [4.78, 5) is 191. The molecule has 626 valence electrons. The van der Waals surface area contributed by atoms with Gasteiger partial charge in [-0.25, -0.2) is 0 Å². The summed E-state index contributed by atoms with van der Waals surface area (Å²) in [7, 11) is 2.58. The summed E-state index contributed by atoms with van der Waals surface area (Å²) in [6.07, 6.45) is 3.46. The molecule has 0 radical (unpaired) electrons. The van der Waals surface area contributed by atoms with Crippen LogP contribution in [-0.4, -0.2) is 220 Å². The van der Waals surface area contributed by atoms with Crippen LogP contribution in [0.2, 0.25) is 5.02 Å². The number of pyridine rings is 1. The average Bonchev–Trinajstić information content (AvgIpc) is 1.79. The number of nitrogens with one attached hydrogen (secondary N) is 12. The fourth-order valence-corrected chi connectivity index (χ4v) is 13.4. The van der Waals surface area contributed by atoms with Gasteiger partial charge < -0.3 is 95.3 Å². The number of likely N-dealkylation sites (tertiary alicyclic amines) is 1. The van der Waals surface area contributed by atoms with Crippen molar-refractivity contribution in [1.82, 2.24) is 67.5 Å². The average molecular weight is 1630 g/mol. The Hall–Kier alpha value is -12.6. The number of phenolic OH excluding ortho intramolecular Hbond substituents is 1. The number of nitrogens with zero attached hydrogens (tertiary/aromatic N) is 4. The monoisotopic (exact) mass is 1630 g/mol. The summed E-state index contributed by atoms with van der Waals surface area (Å²) >= 11 is 6.26. The Morgan fingerprint density at radius 3 is 1.72 bits per heavy atom. The van der Waals surface area contributed by atoms with E-state index in [1.807, 2.05) is 49.4 Å². The number of rotatable bonds is 45. The lowest BCUT2D eigenvalue weighted by molar-refractivity contribution is -0.146. The van der Waals surface area contributed by atoms with Crippen molar-refractivity contribution < 1.29 is 72.5 Å². The molecule has 2 heterocycles. The molecule has 6 aromatic rings. The summed E-state index contributed by atoms with van der Waals surface area (Å²) in [5, 5.41) is 66.2. The second kappa shape index (κ2) is 46.1. The van der Waals surface area contributed by atoms with Gasteiger partial charge >= 0.3 is 0 Å². The molecule has 1 aromatic heterocycles. The number of phenols is 1. The van der Waals surface area contributed by atoms with Crippen LogP contribution in [0, 0.1) is 10.8 Å². The van der Waals surface area contributed by atoms with Crippen molar-refractivity contribution in [2.75, 3.05) is 52.2 Å². The van der Waals surface area contributed by atoms with E-state index >= 15 is 14.4 Å². The number of nitrogens with two attached hydrogens (primary N) is 3. The van der Waals surface area contributed by atoms with E-state index in [1.54, 1.807) is 60.7 Å². The summed E-state index contributed by atoms with van der Waals surface area (Å²) in [6.45, 7) is 1.81. The summed E-state index contributed by atoms with van der Waals surface area (Å²) in [5.74, 6) is -10.6. The normalized spacial score (nSPS) is 14.3. The predicted octanol–water partition coefficient (Wildman–Crippen LogP) is 1.47. The van der Waals surface area contributed by atoms with Crippen molar-refractivity contribution in [3.8, 4) is 5.75 Å². The van der Waals surface area contributed by atoms with E-state index in [9.17, 15) is 58.2 Å². The van der Waals surface area contributed by atoms with E-state index < -0.39 is 144 Å². The zero-order valence-corrected chi connectivity index (χ0v) is 66.7. The Morgan fingerprint density at radius 2 is 1.11 bits per heavy atom. The number of halogens is 1. The van der Waals surface area contributed by atoms with E-state index in [1.165, 1.54) is 62.6 Å². The molecular formula is C82H106ClN19O15. The Bertz CT molecular complexity index is 4470. The van der Waals surface area contributed by atoms with Gasteiger partial charge in [0.15, 0.2) is 5.96 Å². The quantitative estimate of drug-likeness (QED) is 0.0146. The van der Waals surface area contributed by atoms with Gasteiger partial charge in [0.05, 0.1) is 13.2 Å². The number of amides is 13. The number of likely N-dealkylation sites (N-methyl/N-ethyl adjacent to an activating group) is 2. The number of nitrogen functional groups attached to an aromatic ring is 1. The topological polar surface area (TPSA) is 531 Å². The maximum Gasteiger partial charge on any atom is 0.247 e. The number of carbonyl (C=O) groups is 13. The van der Waals surface area contributed by atoms with Gasteiger partial charge in [0, 0.05) is 108 Å². The molecule has 0 bridgehead atoms. The molecule has 0 saturated carbocycles. The predicted molar refractivity (Wildman–Crippen MR) is 438 cm³/mol. The SMILES string of the molecule is CCCCC(NC(=O)C(CCCCNC(=O)CCC(=O)Nc1ccc(C(=N)N)cc1)NC(=O)C(Cc1ccc(O)cc1)N(C)C(=O)C(CO)NC(=O)C(Cc1cccnc1)NC(=O)C(Cc1ccc(Cl)cc1)NC(=O)C(Cc1ccc2ccccc2c1)NC(C)=O)C(=O)NC(CCCNC(=N)N)C(=O)N1CCCC1C(=O)N(C)CC(N)=O. The summed E-state index contributed by atoms with van der Waals surface area (Å²) in [5.41, 5.74) is 19.4. The highest BCUT2D eigenvalue weighted by Crippen LogP contribution is 2.24. The number of anilines is 1. The number of carbonyl (C=O) groups excluding carboxylic acids is 13. The number of aromatic nitrogens is 1. The first-order valence-electron chi connectivity index (χ1n) is 38.7. The molecule has 1 saturated heterocycles. The third-order valence-electron chi connectivity index (χ3n) is 19.6. The van der Waals surface area contributed by atoms with Crippen LogP contribution >= 0.6 is 11.6 Å². The minimum Gasteiger partial charge on any atom is -0.508 e. The fourth-order valence-electron chi connectivity index (χ4n) is 13.3. The Morgan fingerprint density at radius 1 is 0.573 bits per heavy atom. The number of hydrogen-bond donors (Lipinski definition) is 17. The van der Waals surface area contributed by atoms with Crippen LogP contribution in [0.1, 0.15) is 119 Å². The van der Waals surface area contributed by atoms with Crippen molar-refractivity contribution in [2.45, 2.75) is 171 Å². The number of benzene rings is 5. The molecule has 0 aliphatic carbocycles. The van der Waals surface area contributed by atoms with Gasteiger partial charge in [0.25, 0.3) is 0 Å². The van der Waals surface area contributed by atoms with E-state index in [4.69, 9.17) is 39.6 Å². The number of fused-ring (bicyclic) bond motifs is 1. The van der Waals surface area contributed by atoms with Crippen LogP contribution in [0.25, 0.3) is 10.8 Å². The number of unbranched alkanes of at least 4 members (excludes halogenated alkanes) is 2. The number of aliphatic hydroxyl groups is 1. The molecule has 5 aromatic carbocycles. The minimum absolute atomic E-state index is 0.00350. The molecule has 1 aliphatic heterocycles. The molecule has 9 atom stereocenters. The molecule has 7 rings (SSSR count). The molecule has 34 nitrogen and oxygen atoms in total. The van der Waals surface area contributed by atoms with E-state index in [0.29, 0.717) is 57.8 Å². The van der Waals surface area contributed by atoms with Gasteiger partial charge in [-0.15, -0.1) is 0 Å². The zero-order chi connectivity index (χ0) is 85.3. The van der Waals surface area contributed by atoms with Gasteiger partial charge in [0.1, 0.15) is 66.0 Å². The lowest BCUT2D eigenvalue weighted by Gasteiger charge is -2.33. The molecule has 20 N–H and O–H groups in total. The maximum atomic E-state index is 15.4. The van der Waals surface area contributed by atoms with Crippen LogP contribution in [-0.2, 0) is 88.0 Å². The molecule has 13 amide bonds.